The van der Waals surface area contributed by atoms with E-state index in [1.54, 1.807) is 5.57 Å². The smallest absolute Gasteiger partial charge is 0.317 e. The highest BCUT2D eigenvalue weighted by molar-refractivity contribution is 5.90. The summed E-state index contributed by atoms with van der Waals surface area (Å²) in [4.78, 5) is 22.5. The Kier molecular flexibility index (Phi) is 5.31. The van der Waals surface area contributed by atoms with Crippen LogP contribution in [-0.4, -0.2) is 23.7 Å². The lowest BCUT2D eigenvalue weighted by Gasteiger charge is -2.59. The molecule has 0 radical (unpaired) electrons. The number of allylic oxidation sites excluding steroid dienone is 3. The Morgan fingerprint density at radius 1 is 1.30 bits per heavy atom. The van der Waals surface area contributed by atoms with Crippen LogP contribution in [0.15, 0.2) is 24.3 Å². The highest BCUT2D eigenvalue weighted by Gasteiger charge is 2.55. The Balaban J connectivity index is 1.79. The Hall–Kier alpha value is -1.58. The van der Waals surface area contributed by atoms with Gasteiger partial charge in [0, 0.05) is 5.41 Å². The van der Waals surface area contributed by atoms with Crippen molar-refractivity contribution in [2.24, 2.45) is 28.1 Å². The maximum absolute atomic E-state index is 11.8. The van der Waals surface area contributed by atoms with E-state index in [9.17, 15) is 9.59 Å². The van der Waals surface area contributed by atoms with E-state index < -0.39 is 18.4 Å². The molecular formula is C23H34O4. The summed E-state index contributed by atoms with van der Waals surface area (Å²) in [6, 6.07) is 0. The van der Waals surface area contributed by atoms with Gasteiger partial charge in [-0.3, -0.25) is 9.59 Å². The van der Waals surface area contributed by atoms with Crippen LogP contribution in [0.4, 0.5) is 0 Å². The zero-order valence-electron chi connectivity index (χ0n) is 17.1. The number of aliphatic carboxylic acids is 1. The van der Waals surface area contributed by atoms with Crippen molar-refractivity contribution < 1.29 is 19.4 Å². The SMILES string of the molecule is C=C[C@@]1(C)CC[C@H]2C(=CC[C@@H]3[C@](C)(COC(=O)CC(=O)O)CCC[C@@]32C)C1. The monoisotopic (exact) mass is 374 g/mol. The molecule has 0 spiro atoms. The number of hydrogen-bond donors (Lipinski definition) is 1. The summed E-state index contributed by atoms with van der Waals surface area (Å²) in [5, 5.41) is 8.79. The van der Waals surface area contributed by atoms with E-state index in [1.165, 1.54) is 19.3 Å². The number of ether oxygens (including phenoxy) is 1. The molecule has 3 aliphatic carbocycles. The molecular weight excluding hydrogens is 340 g/mol. The zero-order chi connectivity index (χ0) is 19.9. The second kappa shape index (κ2) is 7.10. The minimum absolute atomic E-state index is 0.0810. The number of carboxylic acids is 1. The number of carbonyl (C=O) groups is 2. The van der Waals surface area contributed by atoms with Gasteiger partial charge in [0.15, 0.2) is 0 Å². The first-order valence-corrected chi connectivity index (χ1v) is 10.3. The molecule has 0 unspecified atom stereocenters. The van der Waals surface area contributed by atoms with Gasteiger partial charge >= 0.3 is 11.9 Å². The Bertz CT molecular complexity index is 665. The fourth-order valence-corrected chi connectivity index (χ4v) is 6.33. The van der Waals surface area contributed by atoms with Gasteiger partial charge in [0.25, 0.3) is 0 Å². The molecule has 0 aromatic carbocycles. The van der Waals surface area contributed by atoms with Crippen molar-refractivity contribution >= 4 is 11.9 Å². The molecule has 150 valence electrons. The van der Waals surface area contributed by atoms with Crippen LogP contribution in [0.2, 0.25) is 0 Å². The summed E-state index contributed by atoms with van der Waals surface area (Å²) in [5.41, 5.74) is 1.98. The molecule has 4 heteroatoms. The molecule has 3 aliphatic rings. The van der Waals surface area contributed by atoms with Crippen LogP contribution in [0.3, 0.4) is 0 Å². The fourth-order valence-electron chi connectivity index (χ4n) is 6.33. The first-order valence-electron chi connectivity index (χ1n) is 10.3. The minimum atomic E-state index is -1.13. The first-order chi connectivity index (χ1) is 12.6. The van der Waals surface area contributed by atoms with Gasteiger partial charge in [-0.15, -0.1) is 6.58 Å². The summed E-state index contributed by atoms with van der Waals surface area (Å²) in [7, 11) is 0. The van der Waals surface area contributed by atoms with Gasteiger partial charge in [0.1, 0.15) is 6.42 Å². The number of hydrogen-bond acceptors (Lipinski definition) is 3. The molecule has 0 aromatic rings. The fraction of sp³-hybridized carbons (Fsp3) is 0.739. The Morgan fingerprint density at radius 3 is 2.70 bits per heavy atom. The van der Waals surface area contributed by atoms with Gasteiger partial charge in [-0.1, -0.05) is 44.9 Å². The van der Waals surface area contributed by atoms with Crippen molar-refractivity contribution in [1.82, 2.24) is 0 Å². The van der Waals surface area contributed by atoms with Gasteiger partial charge < -0.3 is 9.84 Å². The lowest BCUT2D eigenvalue weighted by atomic mass is 9.45. The number of carbonyl (C=O) groups excluding carboxylic acids is 1. The van der Waals surface area contributed by atoms with E-state index in [1.807, 2.05) is 0 Å². The third kappa shape index (κ3) is 3.72. The summed E-state index contributed by atoms with van der Waals surface area (Å²) in [6.07, 6.45) is 12.0. The normalized spacial score (nSPS) is 40.9. The number of esters is 1. The third-order valence-electron chi connectivity index (χ3n) is 7.92. The molecule has 1 N–H and O–H groups in total. The topological polar surface area (TPSA) is 63.6 Å². The second-order valence-corrected chi connectivity index (χ2v) is 9.94. The summed E-state index contributed by atoms with van der Waals surface area (Å²) >= 11 is 0. The summed E-state index contributed by atoms with van der Waals surface area (Å²) in [5.74, 6) is -0.671. The van der Waals surface area contributed by atoms with Gasteiger partial charge in [-0.05, 0) is 61.2 Å². The molecule has 2 saturated carbocycles. The van der Waals surface area contributed by atoms with Gasteiger partial charge in [-0.25, -0.2) is 0 Å². The van der Waals surface area contributed by atoms with E-state index in [2.05, 4.69) is 39.5 Å². The van der Waals surface area contributed by atoms with Crippen molar-refractivity contribution in [3.05, 3.63) is 24.3 Å². The molecule has 0 saturated heterocycles. The molecule has 3 rings (SSSR count). The number of fused-ring (bicyclic) bond motifs is 3. The molecule has 2 fully saturated rings. The lowest BCUT2D eigenvalue weighted by molar-refractivity contribution is -0.159. The third-order valence-corrected chi connectivity index (χ3v) is 7.92. The Labute approximate surface area is 163 Å². The average molecular weight is 375 g/mol. The van der Waals surface area contributed by atoms with Gasteiger partial charge in [0.05, 0.1) is 6.61 Å². The Morgan fingerprint density at radius 2 is 2.04 bits per heavy atom. The van der Waals surface area contributed by atoms with Crippen molar-refractivity contribution in [2.75, 3.05) is 6.61 Å². The van der Waals surface area contributed by atoms with E-state index >= 15 is 0 Å². The van der Waals surface area contributed by atoms with Crippen LogP contribution in [0.1, 0.15) is 72.1 Å². The molecule has 27 heavy (non-hydrogen) atoms. The molecule has 5 atom stereocenters. The van der Waals surface area contributed by atoms with Crippen LogP contribution >= 0.6 is 0 Å². The van der Waals surface area contributed by atoms with Crippen LogP contribution in [-0.2, 0) is 14.3 Å². The number of rotatable bonds is 5. The van der Waals surface area contributed by atoms with Crippen LogP contribution < -0.4 is 0 Å². The summed E-state index contributed by atoms with van der Waals surface area (Å²) < 4.78 is 5.42. The second-order valence-electron chi connectivity index (χ2n) is 9.94. The van der Waals surface area contributed by atoms with Gasteiger partial charge in [0.2, 0.25) is 0 Å². The van der Waals surface area contributed by atoms with Crippen molar-refractivity contribution in [3.63, 3.8) is 0 Å². The van der Waals surface area contributed by atoms with Crippen molar-refractivity contribution in [3.8, 4) is 0 Å². The molecule has 0 heterocycles. The standard InChI is InChI=1S/C23H34O4/c1-5-21(2)12-9-17-16(14-21)7-8-18-22(3,10-6-11-23(17,18)4)15-27-20(26)13-19(24)25/h5,7,17-18H,1,6,8-15H2,2-4H3,(H,24,25)/t17-,18+,21-,22-,23+/m0/s1. The minimum Gasteiger partial charge on any atom is -0.481 e. The van der Waals surface area contributed by atoms with Crippen LogP contribution in [0, 0.1) is 28.1 Å². The molecule has 0 aromatic heterocycles. The van der Waals surface area contributed by atoms with E-state index in [4.69, 9.17) is 9.84 Å². The largest absolute Gasteiger partial charge is 0.481 e. The average Bonchev–Trinajstić information content (AvgIpc) is 2.59. The van der Waals surface area contributed by atoms with Crippen LogP contribution in [0.5, 0.6) is 0 Å². The first kappa shape index (κ1) is 20.2. The molecule has 0 aliphatic heterocycles. The van der Waals surface area contributed by atoms with Crippen molar-refractivity contribution in [2.45, 2.75) is 72.1 Å². The van der Waals surface area contributed by atoms with E-state index in [-0.39, 0.29) is 16.2 Å². The van der Waals surface area contributed by atoms with Gasteiger partial charge in [-0.2, -0.15) is 0 Å². The quantitative estimate of drug-likeness (QED) is 0.411. The predicted octanol–water partition coefficient (Wildman–Crippen LogP) is 5.14. The molecule has 4 nitrogen and oxygen atoms in total. The maximum atomic E-state index is 11.8. The van der Waals surface area contributed by atoms with E-state index in [0.29, 0.717) is 18.4 Å². The molecule has 0 amide bonds. The van der Waals surface area contributed by atoms with Crippen molar-refractivity contribution in [1.29, 1.82) is 0 Å². The maximum Gasteiger partial charge on any atom is 0.317 e. The molecule has 0 bridgehead atoms. The number of carboxylic acid groups (broad SMARTS) is 1. The van der Waals surface area contributed by atoms with E-state index in [0.717, 1.165) is 25.7 Å². The highest BCUT2D eigenvalue weighted by Crippen LogP contribution is 2.63. The highest BCUT2D eigenvalue weighted by atomic mass is 16.5. The zero-order valence-corrected chi connectivity index (χ0v) is 17.1. The predicted molar refractivity (Wildman–Crippen MR) is 105 cm³/mol. The van der Waals surface area contributed by atoms with Crippen LogP contribution in [0.25, 0.3) is 0 Å². The lowest BCUT2D eigenvalue weighted by Crippen LogP contribution is -2.52. The summed E-state index contributed by atoms with van der Waals surface area (Å²) in [6.45, 7) is 11.4.